The molecule has 4 nitrogen and oxygen atoms in total. The maximum atomic E-state index is 5.23. The minimum atomic E-state index is 0.455. The van der Waals surface area contributed by atoms with Crippen LogP contribution in [0.5, 0.6) is 5.75 Å². The summed E-state index contributed by atoms with van der Waals surface area (Å²) in [6.45, 7) is 4.10. The third-order valence-corrected chi connectivity index (χ3v) is 3.32. The van der Waals surface area contributed by atoms with E-state index < -0.39 is 0 Å². The predicted octanol–water partition coefficient (Wildman–Crippen LogP) is 3.63. The first-order valence-electron chi connectivity index (χ1n) is 6.90. The number of thiocarbonyl (C=S) groups is 1. The van der Waals surface area contributed by atoms with E-state index >= 15 is 0 Å². The van der Waals surface area contributed by atoms with E-state index in [4.69, 9.17) is 17.0 Å². The Morgan fingerprint density at radius 2 is 1.86 bits per heavy atom. The van der Waals surface area contributed by atoms with E-state index in [2.05, 4.69) is 28.8 Å². The summed E-state index contributed by atoms with van der Waals surface area (Å²) in [4.78, 5) is 0. The Balaban J connectivity index is 1.90. The van der Waals surface area contributed by atoms with E-state index in [1.807, 2.05) is 43.3 Å². The molecule has 0 unspecified atom stereocenters. The largest absolute Gasteiger partial charge is 0.497 e. The smallest absolute Gasteiger partial charge is 0.191 e. The number of methoxy groups -OCH3 is 1. The van der Waals surface area contributed by atoms with Crippen molar-refractivity contribution in [2.45, 2.75) is 13.8 Å². The Morgan fingerprint density at radius 3 is 2.50 bits per heavy atom. The maximum Gasteiger partial charge on any atom is 0.191 e. The number of hydrazone groups is 1. The lowest BCUT2D eigenvalue weighted by molar-refractivity contribution is 0.415. The molecule has 0 aliphatic carbocycles. The van der Waals surface area contributed by atoms with Crippen molar-refractivity contribution in [2.75, 3.05) is 12.4 Å². The van der Waals surface area contributed by atoms with Crippen molar-refractivity contribution in [2.24, 2.45) is 5.10 Å². The monoisotopic (exact) mass is 313 g/mol. The number of ether oxygens (including phenoxy) is 1. The van der Waals surface area contributed by atoms with Crippen LogP contribution in [-0.2, 0) is 0 Å². The van der Waals surface area contributed by atoms with Gasteiger partial charge in [-0.1, -0.05) is 17.7 Å². The predicted molar refractivity (Wildman–Crippen MR) is 95.9 cm³/mol. The van der Waals surface area contributed by atoms with E-state index in [-0.39, 0.29) is 0 Å². The highest BCUT2D eigenvalue weighted by Crippen LogP contribution is 2.15. The summed E-state index contributed by atoms with van der Waals surface area (Å²) in [7, 11) is 1.64. The highest BCUT2D eigenvalue weighted by Gasteiger charge is 2.00. The first-order valence-corrected chi connectivity index (χ1v) is 7.30. The lowest BCUT2D eigenvalue weighted by atomic mass is 10.1. The fourth-order valence-electron chi connectivity index (χ4n) is 1.96. The number of hydrogen-bond acceptors (Lipinski definition) is 3. The average Bonchev–Trinajstić information content (AvgIpc) is 2.51. The van der Waals surface area contributed by atoms with Crippen LogP contribution in [0.4, 0.5) is 5.69 Å². The summed E-state index contributed by atoms with van der Waals surface area (Å²) in [5, 5.41) is 7.70. The number of nitrogens with one attached hydrogen (secondary N) is 2. The molecule has 2 N–H and O–H groups in total. The van der Waals surface area contributed by atoms with E-state index in [9.17, 15) is 0 Å². The van der Waals surface area contributed by atoms with Gasteiger partial charge in [0.15, 0.2) is 5.11 Å². The Hall–Kier alpha value is -2.40. The number of anilines is 1. The molecule has 0 amide bonds. The molecule has 0 heterocycles. The molecular formula is C17H19N3OS. The van der Waals surface area contributed by atoms with Gasteiger partial charge < -0.3 is 10.1 Å². The van der Waals surface area contributed by atoms with Crippen LogP contribution >= 0.6 is 12.2 Å². The molecule has 0 aliphatic rings. The summed E-state index contributed by atoms with van der Waals surface area (Å²) in [6.07, 6.45) is 1.70. The van der Waals surface area contributed by atoms with Crippen molar-refractivity contribution in [3.05, 3.63) is 59.2 Å². The molecule has 0 bridgehead atoms. The number of hydrogen-bond donors (Lipinski definition) is 2. The van der Waals surface area contributed by atoms with Gasteiger partial charge in [0.2, 0.25) is 0 Å². The molecule has 2 rings (SSSR count). The molecule has 114 valence electrons. The van der Waals surface area contributed by atoms with Gasteiger partial charge in [-0.25, -0.2) is 0 Å². The van der Waals surface area contributed by atoms with Gasteiger partial charge in [-0.2, -0.15) is 5.10 Å². The molecule has 2 aromatic carbocycles. The Bertz CT molecular complexity index is 681. The normalized spacial score (nSPS) is 10.5. The summed E-state index contributed by atoms with van der Waals surface area (Å²) < 4.78 is 5.11. The van der Waals surface area contributed by atoms with Crippen LogP contribution in [0.15, 0.2) is 47.6 Å². The molecule has 0 aromatic heterocycles. The van der Waals surface area contributed by atoms with Crippen molar-refractivity contribution in [3.8, 4) is 5.75 Å². The molecule has 0 aliphatic heterocycles. The first kappa shape index (κ1) is 16.0. The summed E-state index contributed by atoms with van der Waals surface area (Å²) in [6, 6.07) is 13.8. The van der Waals surface area contributed by atoms with Crippen LogP contribution in [0.3, 0.4) is 0 Å². The van der Waals surface area contributed by atoms with Crippen LogP contribution < -0.4 is 15.5 Å². The zero-order chi connectivity index (χ0) is 15.9. The second-order valence-electron chi connectivity index (χ2n) is 4.92. The van der Waals surface area contributed by atoms with Crippen LogP contribution in [0.2, 0.25) is 0 Å². The SMILES string of the molecule is COc1ccc(/C=N\NC(=S)Nc2ccc(C)cc2C)cc1. The lowest BCUT2D eigenvalue weighted by Crippen LogP contribution is -2.24. The second kappa shape index (κ2) is 7.56. The Morgan fingerprint density at radius 1 is 1.14 bits per heavy atom. The first-order chi connectivity index (χ1) is 10.6. The van der Waals surface area contributed by atoms with Gasteiger partial charge in [0.1, 0.15) is 5.75 Å². The molecule has 0 atom stereocenters. The van der Waals surface area contributed by atoms with Crippen molar-refractivity contribution >= 4 is 29.2 Å². The average molecular weight is 313 g/mol. The summed E-state index contributed by atoms with van der Waals surface area (Å²) in [5.74, 6) is 0.817. The van der Waals surface area contributed by atoms with Gasteiger partial charge in [-0.15, -0.1) is 0 Å². The quantitative estimate of drug-likeness (QED) is 0.514. The number of nitrogens with zero attached hydrogens (tertiary/aromatic N) is 1. The van der Waals surface area contributed by atoms with Crippen LogP contribution in [-0.4, -0.2) is 18.4 Å². The number of rotatable bonds is 4. The molecule has 0 saturated carbocycles. The van der Waals surface area contributed by atoms with E-state index in [0.29, 0.717) is 5.11 Å². The summed E-state index contributed by atoms with van der Waals surface area (Å²) in [5.41, 5.74) is 7.11. The maximum absolute atomic E-state index is 5.23. The zero-order valence-corrected chi connectivity index (χ0v) is 13.7. The fourth-order valence-corrected chi connectivity index (χ4v) is 2.12. The van der Waals surface area contributed by atoms with Crippen LogP contribution in [0.25, 0.3) is 0 Å². The molecular weight excluding hydrogens is 294 g/mol. The second-order valence-corrected chi connectivity index (χ2v) is 5.32. The van der Waals surface area contributed by atoms with Gasteiger partial charge in [0, 0.05) is 5.69 Å². The standard InChI is InChI=1S/C17H19N3OS/c1-12-4-9-16(13(2)10-12)19-17(22)20-18-11-14-5-7-15(21-3)8-6-14/h4-11H,1-3H3,(H2,19,20,22)/b18-11-. The molecule has 0 spiro atoms. The van der Waals surface area contributed by atoms with Gasteiger partial charge >= 0.3 is 0 Å². The van der Waals surface area contributed by atoms with Crippen LogP contribution in [0.1, 0.15) is 16.7 Å². The fraction of sp³-hybridized carbons (Fsp3) is 0.176. The molecule has 2 aromatic rings. The molecule has 0 fully saturated rings. The topological polar surface area (TPSA) is 45.6 Å². The molecule has 0 saturated heterocycles. The van der Waals surface area contributed by atoms with E-state index in [0.717, 1.165) is 22.6 Å². The highest BCUT2D eigenvalue weighted by atomic mass is 32.1. The minimum absolute atomic E-state index is 0.455. The minimum Gasteiger partial charge on any atom is -0.497 e. The zero-order valence-electron chi connectivity index (χ0n) is 12.9. The van der Waals surface area contributed by atoms with Crippen LogP contribution in [0, 0.1) is 13.8 Å². The van der Waals surface area contributed by atoms with Gasteiger partial charge in [0.05, 0.1) is 13.3 Å². The lowest BCUT2D eigenvalue weighted by Gasteiger charge is -2.10. The third-order valence-electron chi connectivity index (χ3n) is 3.13. The Kier molecular flexibility index (Phi) is 5.49. The third kappa shape index (κ3) is 4.56. The molecule has 0 radical (unpaired) electrons. The van der Waals surface area contributed by atoms with E-state index in [1.165, 1.54) is 5.56 Å². The number of aryl methyl sites for hydroxylation is 2. The highest BCUT2D eigenvalue weighted by molar-refractivity contribution is 7.80. The summed E-state index contributed by atoms with van der Waals surface area (Å²) >= 11 is 5.23. The van der Waals surface area contributed by atoms with Crippen molar-refractivity contribution in [1.29, 1.82) is 0 Å². The van der Waals surface area contributed by atoms with Crippen molar-refractivity contribution < 1.29 is 4.74 Å². The van der Waals surface area contributed by atoms with Gasteiger partial charge in [-0.05, 0) is 67.5 Å². The van der Waals surface area contributed by atoms with Crippen molar-refractivity contribution in [3.63, 3.8) is 0 Å². The Labute approximate surface area is 136 Å². The molecule has 5 heteroatoms. The van der Waals surface area contributed by atoms with E-state index in [1.54, 1.807) is 13.3 Å². The van der Waals surface area contributed by atoms with Gasteiger partial charge in [-0.3, -0.25) is 5.43 Å². The molecule has 22 heavy (non-hydrogen) atoms. The van der Waals surface area contributed by atoms with Crippen molar-refractivity contribution in [1.82, 2.24) is 5.43 Å². The van der Waals surface area contributed by atoms with Gasteiger partial charge in [0.25, 0.3) is 0 Å². The number of benzene rings is 2.